The largest absolute Gasteiger partial charge is 0.495 e. The van der Waals surface area contributed by atoms with E-state index in [0.29, 0.717) is 27.7 Å². The van der Waals surface area contributed by atoms with Crippen LogP contribution in [0.15, 0.2) is 66.7 Å². The molecule has 1 aliphatic rings. The van der Waals surface area contributed by atoms with E-state index in [1.54, 1.807) is 36.3 Å². The van der Waals surface area contributed by atoms with Crippen LogP contribution < -0.4 is 20.3 Å². The molecule has 7 heteroatoms. The average molecular weight is 422 g/mol. The van der Waals surface area contributed by atoms with Crippen molar-refractivity contribution in [1.82, 2.24) is 0 Å². The van der Waals surface area contributed by atoms with Gasteiger partial charge in [0.1, 0.15) is 11.9 Å². The monoisotopic (exact) mass is 421 g/mol. The maximum absolute atomic E-state index is 13.4. The Bertz CT molecular complexity index is 1110. The number of ether oxygens (including phenoxy) is 1. The number of amides is 2. The van der Waals surface area contributed by atoms with Crippen LogP contribution in [0.5, 0.6) is 5.75 Å². The van der Waals surface area contributed by atoms with Crippen LogP contribution in [0.3, 0.4) is 0 Å². The molecule has 152 valence electrons. The van der Waals surface area contributed by atoms with Gasteiger partial charge in [-0.05, 0) is 48.0 Å². The number of hydrogen-bond acceptors (Lipinski definition) is 4. The number of para-hydroxylation sites is 1. The number of fused-ring (bicyclic) bond motifs is 1. The molecule has 0 unspecified atom stereocenters. The summed E-state index contributed by atoms with van der Waals surface area (Å²) in [5.74, 6) is 0.258. The highest BCUT2D eigenvalue weighted by Gasteiger charge is 2.34. The van der Waals surface area contributed by atoms with Crippen LogP contribution in [0.4, 0.5) is 17.1 Å². The summed E-state index contributed by atoms with van der Waals surface area (Å²) in [4.78, 5) is 26.4. The number of nitrogens with one attached hydrogen (secondary N) is 2. The van der Waals surface area contributed by atoms with E-state index in [1.165, 1.54) is 6.92 Å². The summed E-state index contributed by atoms with van der Waals surface area (Å²) in [5.41, 5.74) is 3.53. The second-order valence-electron chi connectivity index (χ2n) is 6.89. The zero-order valence-electron chi connectivity index (χ0n) is 16.5. The zero-order chi connectivity index (χ0) is 21.3. The highest BCUT2D eigenvalue weighted by atomic mass is 35.5. The smallest absolute Gasteiger partial charge is 0.262 e. The summed E-state index contributed by atoms with van der Waals surface area (Å²) < 4.78 is 5.24. The van der Waals surface area contributed by atoms with Gasteiger partial charge < -0.3 is 15.4 Å². The van der Waals surface area contributed by atoms with Crippen LogP contribution in [0.1, 0.15) is 29.0 Å². The molecule has 2 amide bonds. The maximum Gasteiger partial charge on any atom is 0.262 e. The summed E-state index contributed by atoms with van der Waals surface area (Å²) in [6.45, 7) is 1.46. The molecule has 0 aromatic heterocycles. The van der Waals surface area contributed by atoms with E-state index < -0.39 is 6.17 Å². The first kappa shape index (κ1) is 19.8. The lowest BCUT2D eigenvalue weighted by atomic mass is 10.0. The lowest BCUT2D eigenvalue weighted by Gasteiger charge is -2.38. The molecule has 0 radical (unpaired) electrons. The lowest BCUT2D eigenvalue weighted by Crippen LogP contribution is -2.43. The first-order chi connectivity index (χ1) is 14.5. The fourth-order valence-corrected chi connectivity index (χ4v) is 3.76. The Morgan fingerprint density at radius 1 is 1.10 bits per heavy atom. The maximum atomic E-state index is 13.4. The summed E-state index contributed by atoms with van der Waals surface area (Å²) in [5, 5.41) is 6.61. The average Bonchev–Trinajstić information content (AvgIpc) is 2.74. The first-order valence-electron chi connectivity index (χ1n) is 9.38. The Labute approximate surface area is 179 Å². The number of halogens is 1. The Hall–Kier alpha value is -3.51. The fourth-order valence-electron chi connectivity index (χ4n) is 3.51. The molecule has 0 aliphatic carbocycles. The van der Waals surface area contributed by atoms with Crippen molar-refractivity contribution in [2.24, 2.45) is 0 Å². The molecule has 2 N–H and O–H groups in total. The van der Waals surface area contributed by atoms with Gasteiger partial charge in [0.05, 0.1) is 17.7 Å². The molecule has 1 aliphatic heterocycles. The van der Waals surface area contributed by atoms with Crippen LogP contribution >= 0.6 is 11.6 Å². The summed E-state index contributed by atoms with van der Waals surface area (Å²) in [6, 6.07) is 20.0. The van der Waals surface area contributed by atoms with Crippen molar-refractivity contribution in [2.75, 3.05) is 22.6 Å². The standard InChI is InChI=1S/C23H20ClN3O3/c1-14(28)25-16-9-7-15(8-10-16)22-26-20-6-4-3-5-18(20)23(29)27(22)17-11-12-21(30-2)19(24)13-17/h3-13,22,26H,1-2H3,(H,25,28)/t22-/m1/s1. The molecule has 4 rings (SSSR count). The Kier molecular flexibility index (Phi) is 5.33. The lowest BCUT2D eigenvalue weighted by molar-refractivity contribution is -0.114. The Morgan fingerprint density at radius 2 is 1.83 bits per heavy atom. The van der Waals surface area contributed by atoms with Crippen LogP contribution in [0, 0.1) is 0 Å². The number of methoxy groups -OCH3 is 1. The molecule has 30 heavy (non-hydrogen) atoms. The van der Waals surface area contributed by atoms with Gasteiger partial charge in [-0.15, -0.1) is 0 Å². The van der Waals surface area contributed by atoms with Crippen molar-refractivity contribution >= 4 is 40.5 Å². The van der Waals surface area contributed by atoms with Crippen molar-refractivity contribution in [1.29, 1.82) is 0 Å². The van der Waals surface area contributed by atoms with Crippen molar-refractivity contribution in [3.05, 3.63) is 82.9 Å². The van der Waals surface area contributed by atoms with Gasteiger partial charge in [-0.2, -0.15) is 0 Å². The molecule has 6 nitrogen and oxygen atoms in total. The normalized spacial score (nSPS) is 15.2. The first-order valence-corrected chi connectivity index (χ1v) is 9.76. The third-order valence-electron chi connectivity index (χ3n) is 4.89. The van der Waals surface area contributed by atoms with Gasteiger partial charge in [-0.25, -0.2) is 0 Å². The second-order valence-corrected chi connectivity index (χ2v) is 7.30. The predicted octanol–water partition coefficient (Wildman–Crippen LogP) is 5.08. The minimum absolute atomic E-state index is 0.137. The van der Waals surface area contributed by atoms with Gasteiger partial charge >= 0.3 is 0 Å². The number of rotatable bonds is 4. The number of benzene rings is 3. The molecule has 1 atom stereocenters. The van der Waals surface area contributed by atoms with Crippen molar-refractivity contribution in [3.8, 4) is 5.75 Å². The van der Waals surface area contributed by atoms with Crippen LogP contribution in [-0.2, 0) is 4.79 Å². The fraction of sp³-hybridized carbons (Fsp3) is 0.130. The number of carbonyl (C=O) groups is 2. The minimum atomic E-state index is -0.455. The number of anilines is 3. The minimum Gasteiger partial charge on any atom is -0.495 e. The van der Waals surface area contributed by atoms with Crippen LogP contribution in [0.2, 0.25) is 5.02 Å². The highest BCUT2D eigenvalue weighted by Crippen LogP contribution is 2.39. The number of nitrogens with zero attached hydrogens (tertiary/aromatic N) is 1. The predicted molar refractivity (Wildman–Crippen MR) is 118 cm³/mol. The number of carbonyl (C=O) groups excluding carboxylic acids is 2. The molecule has 3 aromatic rings. The van der Waals surface area contributed by atoms with E-state index in [0.717, 1.165) is 11.3 Å². The Morgan fingerprint density at radius 3 is 2.50 bits per heavy atom. The molecule has 0 saturated heterocycles. The molecular weight excluding hydrogens is 402 g/mol. The molecule has 0 saturated carbocycles. The second kappa shape index (κ2) is 8.08. The quantitative estimate of drug-likeness (QED) is 0.616. The summed E-state index contributed by atoms with van der Waals surface area (Å²) in [7, 11) is 1.55. The molecule has 1 heterocycles. The van der Waals surface area contributed by atoms with Crippen LogP contribution in [-0.4, -0.2) is 18.9 Å². The van der Waals surface area contributed by atoms with Gasteiger partial charge in [-0.3, -0.25) is 14.5 Å². The highest BCUT2D eigenvalue weighted by molar-refractivity contribution is 6.32. The topological polar surface area (TPSA) is 70.7 Å². The summed E-state index contributed by atoms with van der Waals surface area (Å²) in [6.07, 6.45) is -0.455. The van der Waals surface area contributed by atoms with Crippen molar-refractivity contribution in [2.45, 2.75) is 13.1 Å². The van der Waals surface area contributed by atoms with Gasteiger partial charge in [0, 0.05) is 24.0 Å². The van der Waals surface area contributed by atoms with E-state index in [4.69, 9.17) is 16.3 Å². The van der Waals surface area contributed by atoms with E-state index in [1.807, 2.05) is 42.5 Å². The van der Waals surface area contributed by atoms with Crippen molar-refractivity contribution < 1.29 is 14.3 Å². The molecule has 0 bridgehead atoms. The molecular formula is C23H20ClN3O3. The molecule has 0 fully saturated rings. The van der Waals surface area contributed by atoms with Crippen molar-refractivity contribution in [3.63, 3.8) is 0 Å². The number of hydrogen-bond donors (Lipinski definition) is 2. The summed E-state index contributed by atoms with van der Waals surface area (Å²) >= 11 is 6.34. The van der Waals surface area contributed by atoms with Crippen LogP contribution in [0.25, 0.3) is 0 Å². The molecule has 0 spiro atoms. The molecule has 3 aromatic carbocycles. The SMILES string of the molecule is COc1ccc(N2C(=O)c3ccccc3N[C@H]2c2ccc(NC(C)=O)cc2)cc1Cl. The van der Waals surface area contributed by atoms with Gasteiger partial charge in [0.15, 0.2) is 0 Å². The van der Waals surface area contributed by atoms with Gasteiger partial charge in [0.2, 0.25) is 5.91 Å². The third kappa shape index (κ3) is 3.69. The van der Waals surface area contributed by atoms with Gasteiger partial charge in [-0.1, -0.05) is 35.9 Å². The van der Waals surface area contributed by atoms with E-state index in [2.05, 4.69) is 10.6 Å². The Balaban J connectivity index is 1.78. The van der Waals surface area contributed by atoms with E-state index >= 15 is 0 Å². The van der Waals surface area contributed by atoms with Gasteiger partial charge in [0.25, 0.3) is 5.91 Å². The third-order valence-corrected chi connectivity index (χ3v) is 5.18. The van der Waals surface area contributed by atoms with E-state index in [-0.39, 0.29) is 11.8 Å². The van der Waals surface area contributed by atoms with E-state index in [9.17, 15) is 9.59 Å². The zero-order valence-corrected chi connectivity index (χ0v) is 17.2.